The van der Waals surface area contributed by atoms with Crippen molar-refractivity contribution in [2.75, 3.05) is 24.6 Å². The Balaban J connectivity index is 0.0000109. The monoisotopic (exact) mass is 521 g/mol. The Labute approximate surface area is 204 Å². The molecule has 12 heteroatoms. The third-order valence-corrected chi connectivity index (χ3v) is 6.65. The highest BCUT2D eigenvalue weighted by Gasteiger charge is 2.23. The summed E-state index contributed by atoms with van der Waals surface area (Å²) in [7, 11) is -8.32. The minimum absolute atomic E-state index is 0. The Kier molecular flexibility index (Phi) is 12.0. The predicted molar refractivity (Wildman–Crippen MR) is 134 cm³/mol. The van der Waals surface area contributed by atoms with Gasteiger partial charge in [0.2, 0.25) is 0 Å². The van der Waals surface area contributed by atoms with Crippen LogP contribution in [0.15, 0.2) is 24.3 Å². The zero-order chi connectivity index (χ0) is 25.5. The minimum atomic E-state index is -4.22. The summed E-state index contributed by atoms with van der Waals surface area (Å²) in [5.74, 6) is -1.69. The average Bonchev–Trinajstić information content (AvgIpc) is 2.68. The molecule has 0 fully saturated rings. The lowest BCUT2D eigenvalue weighted by atomic mass is 9.80. The van der Waals surface area contributed by atoms with Gasteiger partial charge in [-0.05, 0) is 29.5 Å². The van der Waals surface area contributed by atoms with E-state index in [9.17, 15) is 21.6 Å². The molecule has 1 aromatic heterocycles. The molecule has 10 nitrogen and oxygen atoms in total. The first kappa shape index (κ1) is 32.1. The van der Waals surface area contributed by atoms with Crippen LogP contribution in [0, 0.1) is 5.41 Å². The summed E-state index contributed by atoms with van der Waals surface area (Å²) in [6.45, 7) is 10.2. The van der Waals surface area contributed by atoms with E-state index in [-0.39, 0.29) is 38.2 Å². The lowest BCUT2D eigenvalue weighted by molar-refractivity contribution is 0.0950. The van der Waals surface area contributed by atoms with Crippen LogP contribution < -0.4 is 10.6 Å². The number of pyridine rings is 1. The van der Waals surface area contributed by atoms with E-state index >= 15 is 0 Å². The largest absolute Gasteiger partial charge is 0.350 e. The molecule has 0 aliphatic rings. The van der Waals surface area contributed by atoms with Gasteiger partial charge >= 0.3 is 0 Å². The van der Waals surface area contributed by atoms with Crippen LogP contribution in [0.1, 0.15) is 70.2 Å². The number of allylic oxidation sites excluding steroid dienone is 2. The Hall–Kier alpha value is -1.86. The number of nitrogens with one attached hydrogen (secondary N) is 2. The quantitative estimate of drug-likeness (QED) is 0.173. The van der Waals surface area contributed by atoms with Gasteiger partial charge in [0.05, 0.1) is 17.2 Å². The smallest absolute Gasteiger partial charge is 0.269 e. The standard InChI is InChI=1S/C21H35N3O7S2.CH4/c1-6-20(2,3)7-8-21(4,5)16-13-17(15-22-9-11-32(26,27)28)24-18(14-16)19(25)23-10-12-33(29,30)31;/h7-8,13-14,22H,6,9-12,15H2,1-5H3,(H,23,25)(H,26,27,28)(H,29,30,31);1H4/b8-7+;. The van der Waals surface area contributed by atoms with Crippen LogP contribution >= 0.6 is 0 Å². The molecule has 4 N–H and O–H groups in total. The molecular weight excluding hydrogens is 482 g/mol. The highest BCUT2D eigenvalue weighted by molar-refractivity contribution is 7.86. The number of carbonyl (C=O) groups is 1. The lowest BCUT2D eigenvalue weighted by Crippen LogP contribution is -2.30. The van der Waals surface area contributed by atoms with Gasteiger partial charge in [0.25, 0.3) is 26.1 Å². The molecule has 0 bridgehead atoms. The van der Waals surface area contributed by atoms with Crippen molar-refractivity contribution < 1.29 is 30.7 Å². The Morgan fingerprint density at radius 2 is 1.56 bits per heavy atom. The molecule has 34 heavy (non-hydrogen) atoms. The molecule has 1 amide bonds. The van der Waals surface area contributed by atoms with Crippen molar-refractivity contribution in [3.63, 3.8) is 0 Å². The molecule has 1 aromatic rings. The normalized spacial score (nSPS) is 13.0. The molecule has 1 rings (SSSR count). The summed E-state index contributed by atoms with van der Waals surface area (Å²) in [4.78, 5) is 16.9. The first-order chi connectivity index (χ1) is 14.9. The first-order valence-corrected chi connectivity index (χ1v) is 13.8. The third kappa shape index (κ3) is 12.6. The molecule has 0 saturated carbocycles. The second kappa shape index (κ2) is 12.7. The maximum atomic E-state index is 12.6. The molecule has 0 aromatic carbocycles. The van der Waals surface area contributed by atoms with Crippen molar-refractivity contribution in [1.29, 1.82) is 0 Å². The van der Waals surface area contributed by atoms with Crippen LogP contribution in [0.3, 0.4) is 0 Å². The molecule has 0 spiro atoms. The molecule has 196 valence electrons. The molecule has 1 heterocycles. The van der Waals surface area contributed by atoms with Crippen molar-refractivity contribution in [2.45, 2.75) is 60.4 Å². The molecule has 0 unspecified atom stereocenters. The van der Waals surface area contributed by atoms with Gasteiger partial charge in [0, 0.05) is 25.0 Å². The summed E-state index contributed by atoms with van der Waals surface area (Å²) in [5, 5.41) is 5.29. The minimum Gasteiger partial charge on any atom is -0.350 e. The summed E-state index contributed by atoms with van der Waals surface area (Å²) in [6, 6.07) is 3.42. The van der Waals surface area contributed by atoms with Crippen LogP contribution in [0.5, 0.6) is 0 Å². The first-order valence-electron chi connectivity index (χ1n) is 10.6. The SMILES string of the molecule is C.CCC(C)(C)/C=C/C(C)(C)c1cc(CNCCS(=O)(=O)O)nc(C(=O)NCCS(=O)(=O)O)c1. The van der Waals surface area contributed by atoms with Gasteiger partial charge in [-0.15, -0.1) is 0 Å². The fourth-order valence-corrected chi connectivity index (χ4v) is 3.38. The van der Waals surface area contributed by atoms with Gasteiger partial charge in [-0.2, -0.15) is 16.8 Å². The van der Waals surface area contributed by atoms with Crippen LogP contribution in [-0.4, -0.2) is 61.4 Å². The second-order valence-electron chi connectivity index (χ2n) is 9.13. The van der Waals surface area contributed by atoms with E-state index in [1.165, 1.54) is 0 Å². The van der Waals surface area contributed by atoms with Crippen molar-refractivity contribution in [2.24, 2.45) is 5.41 Å². The summed E-state index contributed by atoms with van der Waals surface area (Å²) in [5.41, 5.74) is 0.833. The predicted octanol–water partition coefficient (Wildman–Crippen LogP) is 2.58. The maximum absolute atomic E-state index is 12.6. The molecule has 0 aliphatic heterocycles. The Morgan fingerprint density at radius 1 is 1.00 bits per heavy atom. The number of hydrogen-bond donors (Lipinski definition) is 4. The van der Waals surface area contributed by atoms with Crippen LogP contribution in [0.25, 0.3) is 0 Å². The summed E-state index contributed by atoms with van der Waals surface area (Å²) >= 11 is 0. The zero-order valence-corrected chi connectivity index (χ0v) is 21.4. The second-order valence-corrected chi connectivity index (χ2v) is 12.3. The van der Waals surface area contributed by atoms with Crippen molar-refractivity contribution >= 4 is 26.1 Å². The van der Waals surface area contributed by atoms with E-state index in [2.05, 4.69) is 48.5 Å². The number of amides is 1. The molecular formula is C22H39N3O7S2. The van der Waals surface area contributed by atoms with E-state index in [1.807, 2.05) is 13.8 Å². The van der Waals surface area contributed by atoms with Gasteiger partial charge in [-0.1, -0.05) is 54.2 Å². The Morgan fingerprint density at radius 3 is 2.09 bits per heavy atom. The van der Waals surface area contributed by atoms with Crippen LogP contribution in [0.2, 0.25) is 0 Å². The van der Waals surface area contributed by atoms with Crippen LogP contribution in [0.4, 0.5) is 0 Å². The number of nitrogens with zero attached hydrogens (tertiary/aromatic N) is 1. The molecule has 0 saturated heterocycles. The molecule has 0 atom stereocenters. The number of rotatable bonds is 13. The van der Waals surface area contributed by atoms with Crippen molar-refractivity contribution in [3.05, 3.63) is 41.2 Å². The highest BCUT2D eigenvalue weighted by atomic mass is 32.2. The third-order valence-electron chi connectivity index (χ3n) is 5.21. The van der Waals surface area contributed by atoms with Gasteiger partial charge in [-0.25, -0.2) is 4.98 Å². The van der Waals surface area contributed by atoms with Gasteiger partial charge in [0.1, 0.15) is 5.69 Å². The maximum Gasteiger partial charge on any atom is 0.269 e. The van der Waals surface area contributed by atoms with Crippen molar-refractivity contribution in [3.8, 4) is 0 Å². The van der Waals surface area contributed by atoms with Gasteiger partial charge < -0.3 is 10.6 Å². The molecule has 0 aliphatic carbocycles. The summed E-state index contributed by atoms with van der Waals surface area (Å²) in [6.07, 6.45) is 5.12. The van der Waals surface area contributed by atoms with E-state index in [1.54, 1.807) is 12.1 Å². The number of hydrogen-bond acceptors (Lipinski definition) is 7. The Bertz CT molecular complexity index is 1060. The fourth-order valence-electron chi connectivity index (χ4n) is 2.62. The highest BCUT2D eigenvalue weighted by Crippen LogP contribution is 2.30. The lowest BCUT2D eigenvalue weighted by Gasteiger charge is -2.25. The zero-order valence-electron chi connectivity index (χ0n) is 19.8. The van der Waals surface area contributed by atoms with E-state index in [0.29, 0.717) is 5.69 Å². The topological polar surface area (TPSA) is 163 Å². The van der Waals surface area contributed by atoms with Gasteiger partial charge in [0.15, 0.2) is 0 Å². The summed E-state index contributed by atoms with van der Waals surface area (Å²) < 4.78 is 61.3. The van der Waals surface area contributed by atoms with E-state index in [4.69, 9.17) is 9.11 Å². The number of carbonyl (C=O) groups excluding carboxylic acids is 1. The average molecular weight is 522 g/mol. The fraction of sp³-hybridized carbons (Fsp3) is 0.636. The molecule has 0 radical (unpaired) electrons. The van der Waals surface area contributed by atoms with Crippen LogP contribution in [-0.2, 0) is 32.2 Å². The number of aromatic nitrogens is 1. The van der Waals surface area contributed by atoms with Crippen molar-refractivity contribution in [1.82, 2.24) is 15.6 Å². The van der Waals surface area contributed by atoms with Gasteiger partial charge in [-0.3, -0.25) is 13.9 Å². The van der Waals surface area contributed by atoms with E-state index in [0.717, 1.165) is 12.0 Å². The van der Waals surface area contributed by atoms with E-state index < -0.39 is 43.1 Å².